The van der Waals surface area contributed by atoms with Gasteiger partial charge in [0.1, 0.15) is 6.17 Å². The molecule has 1 amide bonds. The molecule has 1 saturated heterocycles. The van der Waals surface area contributed by atoms with E-state index in [1.54, 1.807) is 0 Å². The van der Waals surface area contributed by atoms with Crippen LogP contribution in [0.25, 0.3) is 0 Å². The summed E-state index contributed by atoms with van der Waals surface area (Å²) in [6, 6.07) is 7.58. The van der Waals surface area contributed by atoms with Crippen LogP contribution in [0.5, 0.6) is 0 Å². The fraction of sp³-hybridized carbons (Fsp3) is 0.500. The van der Waals surface area contributed by atoms with Crippen molar-refractivity contribution in [1.29, 1.82) is 0 Å². The van der Waals surface area contributed by atoms with Gasteiger partial charge in [-0.2, -0.15) is 0 Å². The maximum absolute atomic E-state index is 12.0. The highest BCUT2D eigenvalue weighted by Gasteiger charge is 2.32. The van der Waals surface area contributed by atoms with E-state index in [9.17, 15) is 4.79 Å². The Balaban J connectivity index is 2.13. The molecule has 2 unspecified atom stereocenters. The quantitative estimate of drug-likeness (QED) is 0.900. The summed E-state index contributed by atoms with van der Waals surface area (Å²) in [6.45, 7) is 5.52. The molecular weight excluding hydrogens is 264 g/mol. The largest absolute Gasteiger partial charge is 0.377 e. The van der Waals surface area contributed by atoms with Gasteiger partial charge in [-0.15, -0.1) is 0 Å². The molecule has 1 fully saturated rings. The molecule has 0 saturated carbocycles. The van der Waals surface area contributed by atoms with E-state index in [0.29, 0.717) is 24.7 Å². The standard InChI is InChI=1S/C14H19ClN2O2/c1-3-19-10(2)9-17-13(18)8-16-14(17)11-5-4-6-12(15)7-11/h4-7,10,14,16H,3,8-9H2,1-2H3. The number of hydrogen-bond acceptors (Lipinski definition) is 3. The summed E-state index contributed by atoms with van der Waals surface area (Å²) >= 11 is 6.01. The molecule has 0 spiro atoms. The number of carbonyl (C=O) groups excluding carboxylic acids is 1. The number of halogens is 1. The minimum atomic E-state index is -0.117. The average Bonchev–Trinajstić information content (AvgIpc) is 2.71. The molecule has 1 aliphatic heterocycles. The van der Waals surface area contributed by atoms with Crippen molar-refractivity contribution in [1.82, 2.24) is 10.2 Å². The van der Waals surface area contributed by atoms with Gasteiger partial charge >= 0.3 is 0 Å². The van der Waals surface area contributed by atoms with Crippen LogP contribution in [0.1, 0.15) is 25.6 Å². The van der Waals surface area contributed by atoms with Crippen LogP contribution in [0.3, 0.4) is 0 Å². The minimum absolute atomic E-state index is 0.0236. The van der Waals surface area contributed by atoms with Gasteiger partial charge < -0.3 is 9.64 Å². The van der Waals surface area contributed by atoms with Gasteiger partial charge in [0.25, 0.3) is 0 Å². The first-order valence-electron chi connectivity index (χ1n) is 6.51. The molecule has 2 rings (SSSR count). The first-order chi connectivity index (χ1) is 9.11. The first-order valence-corrected chi connectivity index (χ1v) is 6.89. The maximum Gasteiger partial charge on any atom is 0.238 e. The van der Waals surface area contributed by atoms with Crippen LogP contribution >= 0.6 is 11.6 Å². The predicted octanol–water partition coefficient (Wildman–Crippen LogP) is 2.20. The number of carbonyl (C=O) groups is 1. The van der Waals surface area contributed by atoms with E-state index in [-0.39, 0.29) is 18.2 Å². The van der Waals surface area contributed by atoms with E-state index in [1.807, 2.05) is 43.0 Å². The van der Waals surface area contributed by atoms with Crippen LogP contribution in [-0.2, 0) is 9.53 Å². The van der Waals surface area contributed by atoms with Gasteiger partial charge in [0.2, 0.25) is 5.91 Å². The van der Waals surface area contributed by atoms with Gasteiger partial charge in [0.15, 0.2) is 0 Å². The van der Waals surface area contributed by atoms with Crippen molar-refractivity contribution >= 4 is 17.5 Å². The molecule has 1 heterocycles. The van der Waals surface area contributed by atoms with Crippen molar-refractivity contribution in [2.24, 2.45) is 0 Å². The smallest absolute Gasteiger partial charge is 0.238 e. The summed E-state index contributed by atoms with van der Waals surface area (Å²) in [5.41, 5.74) is 1.00. The molecule has 1 N–H and O–H groups in total. The average molecular weight is 283 g/mol. The zero-order valence-electron chi connectivity index (χ0n) is 11.2. The van der Waals surface area contributed by atoms with Gasteiger partial charge in [0.05, 0.1) is 12.6 Å². The van der Waals surface area contributed by atoms with Crippen LogP contribution in [0.15, 0.2) is 24.3 Å². The number of amides is 1. The molecule has 0 aliphatic carbocycles. The Kier molecular flexibility index (Phi) is 4.80. The normalized spacial score (nSPS) is 20.9. The summed E-state index contributed by atoms with van der Waals surface area (Å²) in [6.07, 6.45) is -0.0929. The van der Waals surface area contributed by atoms with Crippen molar-refractivity contribution in [2.75, 3.05) is 19.7 Å². The van der Waals surface area contributed by atoms with E-state index in [0.717, 1.165) is 5.56 Å². The lowest BCUT2D eigenvalue weighted by Crippen LogP contribution is -2.36. The Morgan fingerprint density at radius 2 is 2.37 bits per heavy atom. The SMILES string of the molecule is CCOC(C)CN1C(=O)CNC1c1cccc(Cl)c1. The Morgan fingerprint density at radius 3 is 3.05 bits per heavy atom. The highest BCUT2D eigenvalue weighted by molar-refractivity contribution is 6.30. The fourth-order valence-electron chi connectivity index (χ4n) is 2.34. The second kappa shape index (κ2) is 6.37. The molecule has 1 aliphatic rings. The van der Waals surface area contributed by atoms with Crippen LogP contribution in [0.2, 0.25) is 5.02 Å². The maximum atomic E-state index is 12.0. The molecule has 19 heavy (non-hydrogen) atoms. The number of nitrogens with one attached hydrogen (secondary N) is 1. The predicted molar refractivity (Wildman–Crippen MR) is 75.0 cm³/mol. The number of ether oxygens (including phenoxy) is 1. The Hall–Kier alpha value is -1.10. The van der Waals surface area contributed by atoms with Crippen molar-refractivity contribution in [2.45, 2.75) is 26.1 Å². The fourth-order valence-corrected chi connectivity index (χ4v) is 2.53. The number of rotatable bonds is 5. The van der Waals surface area contributed by atoms with E-state index in [1.165, 1.54) is 0 Å². The van der Waals surface area contributed by atoms with E-state index in [4.69, 9.17) is 16.3 Å². The van der Waals surface area contributed by atoms with E-state index >= 15 is 0 Å². The summed E-state index contributed by atoms with van der Waals surface area (Å²) in [7, 11) is 0. The third-order valence-corrected chi connectivity index (χ3v) is 3.38. The third-order valence-electron chi connectivity index (χ3n) is 3.15. The van der Waals surface area contributed by atoms with Crippen LogP contribution in [-0.4, -0.2) is 36.6 Å². The number of hydrogen-bond donors (Lipinski definition) is 1. The van der Waals surface area contributed by atoms with Gasteiger partial charge in [-0.1, -0.05) is 23.7 Å². The van der Waals surface area contributed by atoms with Crippen molar-refractivity contribution in [3.63, 3.8) is 0 Å². The Labute approximate surface area is 118 Å². The van der Waals surface area contributed by atoms with Gasteiger partial charge in [-0.25, -0.2) is 0 Å². The number of benzene rings is 1. The number of nitrogens with zero attached hydrogens (tertiary/aromatic N) is 1. The molecule has 5 heteroatoms. The molecule has 0 bridgehead atoms. The van der Waals surface area contributed by atoms with Gasteiger partial charge in [0, 0.05) is 18.2 Å². The topological polar surface area (TPSA) is 41.6 Å². The first kappa shape index (κ1) is 14.3. The Bertz CT molecular complexity index is 453. The second-order valence-electron chi connectivity index (χ2n) is 4.65. The third kappa shape index (κ3) is 3.47. The summed E-state index contributed by atoms with van der Waals surface area (Å²) < 4.78 is 5.51. The molecule has 104 valence electrons. The molecule has 2 atom stereocenters. The summed E-state index contributed by atoms with van der Waals surface area (Å²) in [5.74, 6) is 0.0940. The Morgan fingerprint density at radius 1 is 1.58 bits per heavy atom. The minimum Gasteiger partial charge on any atom is -0.377 e. The van der Waals surface area contributed by atoms with E-state index in [2.05, 4.69) is 5.32 Å². The summed E-state index contributed by atoms with van der Waals surface area (Å²) in [4.78, 5) is 13.8. The second-order valence-corrected chi connectivity index (χ2v) is 5.09. The van der Waals surface area contributed by atoms with Crippen LogP contribution in [0.4, 0.5) is 0 Å². The van der Waals surface area contributed by atoms with Gasteiger partial charge in [-0.3, -0.25) is 10.1 Å². The van der Waals surface area contributed by atoms with Crippen molar-refractivity contribution in [3.8, 4) is 0 Å². The molecule has 4 nitrogen and oxygen atoms in total. The lowest BCUT2D eigenvalue weighted by Gasteiger charge is -2.27. The highest BCUT2D eigenvalue weighted by Crippen LogP contribution is 2.25. The molecule has 1 aromatic carbocycles. The van der Waals surface area contributed by atoms with Crippen LogP contribution in [0, 0.1) is 0 Å². The van der Waals surface area contributed by atoms with Crippen molar-refractivity contribution < 1.29 is 9.53 Å². The lowest BCUT2D eigenvalue weighted by atomic mass is 10.1. The lowest BCUT2D eigenvalue weighted by molar-refractivity contribution is -0.129. The zero-order valence-corrected chi connectivity index (χ0v) is 12.0. The molecule has 0 radical (unpaired) electrons. The molecule has 1 aromatic rings. The molecular formula is C14H19ClN2O2. The monoisotopic (exact) mass is 282 g/mol. The summed E-state index contributed by atoms with van der Waals surface area (Å²) in [5, 5.41) is 3.89. The highest BCUT2D eigenvalue weighted by atomic mass is 35.5. The zero-order chi connectivity index (χ0) is 13.8. The van der Waals surface area contributed by atoms with Crippen LogP contribution < -0.4 is 5.32 Å². The van der Waals surface area contributed by atoms with Crippen molar-refractivity contribution in [3.05, 3.63) is 34.9 Å². The van der Waals surface area contributed by atoms with E-state index < -0.39 is 0 Å². The molecule has 0 aromatic heterocycles. The van der Waals surface area contributed by atoms with Gasteiger partial charge in [-0.05, 0) is 31.5 Å².